The van der Waals surface area contributed by atoms with Gasteiger partial charge in [0.2, 0.25) is 0 Å². The molecular weight excluding hydrogens is 390 g/mol. The third-order valence-corrected chi connectivity index (χ3v) is 5.51. The van der Waals surface area contributed by atoms with Crippen LogP contribution in [0.4, 0.5) is 0 Å². The van der Waals surface area contributed by atoms with Crippen molar-refractivity contribution in [3.05, 3.63) is 59.5 Å². The second-order valence-corrected chi connectivity index (χ2v) is 7.74. The summed E-state index contributed by atoms with van der Waals surface area (Å²) in [6.45, 7) is 0.286. The zero-order valence-electron chi connectivity index (χ0n) is 15.6. The number of halogens is 1. The SMILES string of the molecule is O[C@H](COC1CCC1)c1cnc2c(cnn2-c2cc(Cl)cc(-c3ccn[nH]3)c2)c1. The molecule has 1 atom stereocenters. The molecule has 0 amide bonds. The van der Waals surface area contributed by atoms with Gasteiger partial charge in [-0.1, -0.05) is 11.6 Å². The summed E-state index contributed by atoms with van der Waals surface area (Å²) in [4.78, 5) is 4.54. The number of hydrogen-bond donors (Lipinski definition) is 2. The summed E-state index contributed by atoms with van der Waals surface area (Å²) in [5.74, 6) is 0. The van der Waals surface area contributed by atoms with Crippen molar-refractivity contribution in [1.82, 2.24) is 25.0 Å². The van der Waals surface area contributed by atoms with Gasteiger partial charge in [-0.2, -0.15) is 10.2 Å². The van der Waals surface area contributed by atoms with Crippen LogP contribution in [0.3, 0.4) is 0 Å². The van der Waals surface area contributed by atoms with Gasteiger partial charge in [-0.25, -0.2) is 9.67 Å². The van der Waals surface area contributed by atoms with Crippen LogP contribution >= 0.6 is 11.6 Å². The molecule has 1 aliphatic rings. The van der Waals surface area contributed by atoms with E-state index in [0.717, 1.165) is 40.7 Å². The Kier molecular flexibility index (Phi) is 4.79. The second-order valence-electron chi connectivity index (χ2n) is 7.31. The van der Waals surface area contributed by atoms with Crippen molar-refractivity contribution in [2.24, 2.45) is 0 Å². The van der Waals surface area contributed by atoms with E-state index < -0.39 is 6.10 Å². The van der Waals surface area contributed by atoms with Gasteiger partial charge in [-0.15, -0.1) is 0 Å². The van der Waals surface area contributed by atoms with Gasteiger partial charge in [0.05, 0.1) is 30.3 Å². The Labute approximate surface area is 172 Å². The van der Waals surface area contributed by atoms with Crippen LogP contribution in [-0.4, -0.2) is 42.8 Å². The molecule has 5 rings (SSSR count). The first-order valence-corrected chi connectivity index (χ1v) is 9.99. The third kappa shape index (κ3) is 3.64. The van der Waals surface area contributed by atoms with Crippen LogP contribution in [0, 0.1) is 0 Å². The van der Waals surface area contributed by atoms with Gasteiger partial charge in [0.25, 0.3) is 0 Å². The number of rotatable bonds is 6. The maximum atomic E-state index is 10.4. The van der Waals surface area contributed by atoms with Crippen LogP contribution in [-0.2, 0) is 4.74 Å². The Bertz CT molecular complexity index is 1140. The van der Waals surface area contributed by atoms with Crippen LogP contribution in [0.1, 0.15) is 30.9 Å². The van der Waals surface area contributed by atoms with E-state index in [9.17, 15) is 5.11 Å². The molecule has 0 unspecified atom stereocenters. The van der Waals surface area contributed by atoms with Crippen molar-refractivity contribution in [3.8, 4) is 16.9 Å². The van der Waals surface area contributed by atoms with E-state index in [0.29, 0.717) is 10.7 Å². The molecule has 0 radical (unpaired) electrons. The molecule has 3 heterocycles. The second kappa shape index (κ2) is 7.59. The van der Waals surface area contributed by atoms with Gasteiger partial charge < -0.3 is 9.84 Å². The molecule has 3 aromatic heterocycles. The summed E-state index contributed by atoms with van der Waals surface area (Å²) in [5.41, 5.74) is 3.99. The number of aromatic nitrogens is 5. The molecule has 2 N–H and O–H groups in total. The third-order valence-electron chi connectivity index (χ3n) is 5.29. The lowest BCUT2D eigenvalue weighted by molar-refractivity contribution is -0.0427. The van der Waals surface area contributed by atoms with Crippen LogP contribution in [0.25, 0.3) is 28.0 Å². The van der Waals surface area contributed by atoms with E-state index in [2.05, 4.69) is 20.3 Å². The quantitative estimate of drug-likeness (QED) is 0.501. The summed E-state index contributed by atoms with van der Waals surface area (Å²) in [7, 11) is 0. The lowest BCUT2D eigenvalue weighted by Crippen LogP contribution is -2.24. The monoisotopic (exact) mass is 409 g/mol. The maximum absolute atomic E-state index is 10.4. The van der Waals surface area contributed by atoms with Crippen LogP contribution < -0.4 is 0 Å². The standard InChI is InChI=1S/C21H20ClN5O2/c22-16-7-13(19-4-5-24-26-19)8-17(9-16)27-21-15(11-25-27)6-14(10-23-21)20(28)12-29-18-2-1-3-18/h4-11,18,20,28H,1-3,12H2,(H,24,26)/t20-/m1/s1. The minimum absolute atomic E-state index is 0.286. The first kappa shape index (κ1) is 18.3. The van der Waals surface area contributed by atoms with Gasteiger partial charge in [0.15, 0.2) is 5.65 Å². The fraction of sp³-hybridized carbons (Fsp3) is 0.286. The van der Waals surface area contributed by atoms with Crippen molar-refractivity contribution < 1.29 is 9.84 Å². The number of nitrogens with zero attached hydrogens (tertiary/aromatic N) is 4. The zero-order chi connectivity index (χ0) is 19.8. The summed E-state index contributed by atoms with van der Waals surface area (Å²) in [6, 6.07) is 9.47. The molecule has 1 aliphatic carbocycles. The number of H-pyrrole nitrogens is 1. The number of hydrogen-bond acceptors (Lipinski definition) is 5. The van der Waals surface area contributed by atoms with E-state index in [1.54, 1.807) is 23.3 Å². The molecule has 0 saturated heterocycles. The molecule has 7 nitrogen and oxygen atoms in total. The predicted octanol–water partition coefficient (Wildman–Crippen LogP) is 4.07. The summed E-state index contributed by atoms with van der Waals surface area (Å²) >= 11 is 6.34. The van der Waals surface area contributed by atoms with Gasteiger partial charge in [-0.05, 0) is 49.6 Å². The molecule has 1 fully saturated rings. The number of nitrogens with one attached hydrogen (secondary N) is 1. The van der Waals surface area contributed by atoms with Crippen LogP contribution in [0.15, 0.2) is 48.9 Å². The molecule has 29 heavy (non-hydrogen) atoms. The Hall–Kier alpha value is -2.74. The fourth-order valence-electron chi connectivity index (χ4n) is 3.44. The molecule has 4 aromatic rings. The van der Waals surface area contributed by atoms with Gasteiger partial charge >= 0.3 is 0 Å². The molecule has 1 saturated carbocycles. The lowest BCUT2D eigenvalue weighted by atomic mass is 9.96. The highest BCUT2D eigenvalue weighted by Gasteiger charge is 2.20. The highest BCUT2D eigenvalue weighted by atomic mass is 35.5. The number of ether oxygens (including phenoxy) is 1. The smallest absolute Gasteiger partial charge is 0.162 e. The lowest BCUT2D eigenvalue weighted by Gasteiger charge is -2.26. The number of benzene rings is 1. The van der Waals surface area contributed by atoms with Gasteiger partial charge in [0.1, 0.15) is 6.10 Å². The van der Waals surface area contributed by atoms with E-state index in [1.165, 1.54) is 6.42 Å². The van der Waals surface area contributed by atoms with Crippen LogP contribution in [0.5, 0.6) is 0 Å². The normalized spacial score (nSPS) is 15.5. The number of aliphatic hydroxyl groups is 1. The largest absolute Gasteiger partial charge is 0.386 e. The fourth-order valence-corrected chi connectivity index (χ4v) is 3.67. The topological polar surface area (TPSA) is 88.8 Å². The molecule has 0 aliphatic heterocycles. The average Bonchev–Trinajstić information content (AvgIpc) is 3.35. The molecular formula is C21H20ClN5O2. The van der Waals surface area contributed by atoms with Crippen LogP contribution in [0.2, 0.25) is 5.02 Å². The number of aromatic amines is 1. The molecule has 0 spiro atoms. The first-order chi connectivity index (χ1) is 14.2. The van der Waals surface area contributed by atoms with Crippen molar-refractivity contribution in [3.63, 3.8) is 0 Å². The number of fused-ring (bicyclic) bond motifs is 1. The van der Waals surface area contributed by atoms with E-state index >= 15 is 0 Å². The molecule has 8 heteroatoms. The first-order valence-electron chi connectivity index (χ1n) is 9.61. The maximum Gasteiger partial charge on any atom is 0.162 e. The Morgan fingerprint density at radius 3 is 2.90 bits per heavy atom. The molecule has 148 valence electrons. The zero-order valence-corrected chi connectivity index (χ0v) is 16.4. The minimum Gasteiger partial charge on any atom is -0.386 e. The Morgan fingerprint density at radius 2 is 2.14 bits per heavy atom. The summed E-state index contributed by atoms with van der Waals surface area (Å²) < 4.78 is 7.46. The predicted molar refractivity (Wildman–Crippen MR) is 110 cm³/mol. The van der Waals surface area contributed by atoms with E-state index in [-0.39, 0.29) is 12.7 Å². The highest BCUT2D eigenvalue weighted by Crippen LogP contribution is 2.28. The molecule has 0 bridgehead atoms. The van der Waals surface area contributed by atoms with E-state index in [4.69, 9.17) is 16.3 Å². The average molecular weight is 410 g/mol. The summed E-state index contributed by atoms with van der Waals surface area (Å²) in [6.07, 6.45) is 8.07. The minimum atomic E-state index is -0.700. The Morgan fingerprint density at radius 1 is 1.24 bits per heavy atom. The highest BCUT2D eigenvalue weighted by molar-refractivity contribution is 6.31. The van der Waals surface area contributed by atoms with Crippen molar-refractivity contribution >= 4 is 22.6 Å². The number of pyridine rings is 1. The number of aliphatic hydroxyl groups excluding tert-OH is 1. The summed E-state index contributed by atoms with van der Waals surface area (Å²) in [5, 5.41) is 23.3. The van der Waals surface area contributed by atoms with Gasteiger partial charge in [-0.3, -0.25) is 5.10 Å². The van der Waals surface area contributed by atoms with Crippen molar-refractivity contribution in [1.29, 1.82) is 0 Å². The van der Waals surface area contributed by atoms with Crippen molar-refractivity contribution in [2.45, 2.75) is 31.5 Å². The van der Waals surface area contributed by atoms with Gasteiger partial charge in [0, 0.05) is 33.9 Å². The van der Waals surface area contributed by atoms with Crippen molar-refractivity contribution in [2.75, 3.05) is 6.61 Å². The Balaban J connectivity index is 1.44. The molecule has 1 aromatic carbocycles. The van der Waals surface area contributed by atoms with E-state index in [1.807, 2.05) is 30.3 Å².